The number of ether oxygens (including phenoxy) is 1. The lowest BCUT2D eigenvalue weighted by Gasteiger charge is -2.35. The summed E-state index contributed by atoms with van der Waals surface area (Å²) in [6.45, 7) is 8.30. The predicted octanol–water partition coefficient (Wildman–Crippen LogP) is 8.28. The molecule has 4 amide bonds. The van der Waals surface area contributed by atoms with Crippen LogP contribution in [0.25, 0.3) is 21.6 Å². The molecule has 4 aromatic carbocycles. The maximum atomic E-state index is 14.0. The van der Waals surface area contributed by atoms with Crippen LogP contribution in [0.1, 0.15) is 87.2 Å². The van der Waals surface area contributed by atoms with E-state index in [1.54, 1.807) is 23.5 Å². The number of halogens is 1. The van der Waals surface area contributed by atoms with Crippen molar-refractivity contribution in [1.82, 2.24) is 25.8 Å². The van der Waals surface area contributed by atoms with Gasteiger partial charge in [0.15, 0.2) is 0 Å². The van der Waals surface area contributed by atoms with Crippen LogP contribution in [0.15, 0.2) is 109 Å². The first-order valence-electron chi connectivity index (χ1n) is 22.4. The summed E-state index contributed by atoms with van der Waals surface area (Å²) in [5.74, 6) is -0.00923. The number of carbonyl (C=O) groups excluding carboxylic acids is 4. The average molecular weight is 935 g/mol. The van der Waals surface area contributed by atoms with Crippen molar-refractivity contribution in [2.75, 3.05) is 25.6 Å². The van der Waals surface area contributed by atoms with Crippen molar-refractivity contribution in [3.05, 3.63) is 137 Å². The van der Waals surface area contributed by atoms with E-state index >= 15 is 0 Å². The molecule has 1 fully saturated rings. The summed E-state index contributed by atoms with van der Waals surface area (Å²) in [6, 6.07) is 31.0. The molecular formula is C52H60ClN5O7S. The Morgan fingerprint density at radius 2 is 1.50 bits per heavy atom. The van der Waals surface area contributed by atoms with Crippen molar-refractivity contribution in [2.24, 2.45) is 5.41 Å². The number of rotatable bonds is 20. The van der Waals surface area contributed by atoms with E-state index in [0.717, 1.165) is 49.5 Å². The molecule has 12 nitrogen and oxygen atoms in total. The molecule has 6 rings (SSSR count). The molecule has 1 aliphatic heterocycles. The van der Waals surface area contributed by atoms with Gasteiger partial charge in [-0.25, -0.2) is 4.98 Å². The molecule has 0 aliphatic carbocycles. The fourth-order valence-electron chi connectivity index (χ4n) is 8.04. The van der Waals surface area contributed by atoms with Gasteiger partial charge in [0.25, 0.3) is 0 Å². The number of aliphatic hydroxyl groups excluding tert-OH is 1. The molecule has 348 valence electrons. The lowest BCUT2D eigenvalue weighted by atomic mass is 9.85. The number of amides is 4. The lowest BCUT2D eigenvalue weighted by Crippen LogP contribution is -2.57. The number of hydrogen-bond donors (Lipinski definition) is 5. The van der Waals surface area contributed by atoms with E-state index in [0.29, 0.717) is 37.4 Å². The maximum Gasteiger partial charge on any atom is 0.246 e. The lowest BCUT2D eigenvalue weighted by molar-refractivity contribution is -0.144. The van der Waals surface area contributed by atoms with E-state index in [1.807, 2.05) is 112 Å². The van der Waals surface area contributed by atoms with Gasteiger partial charge in [-0.15, -0.1) is 22.9 Å². The van der Waals surface area contributed by atoms with Gasteiger partial charge in [0.05, 0.1) is 28.7 Å². The molecule has 0 radical (unpaired) electrons. The third kappa shape index (κ3) is 13.5. The van der Waals surface area contributed by atoms with Gasteiger partial charge in [-0.3, -0.25) is 19.2 Å². The second-order valence-electron chi connectivity index (χ2n) is 17.6. The van der Waals surface area contributed by atoms with Crippen molar-refractivity contribution in [3.63, 3.8) is 0 Å². The van der Waals surface area contributed by atoms with E-state index in [4.69, 9.17) is 16.3 Å². The number of benzene rings is 4. The molecule has 0 spiro atoms. The van der Waals surface area contributed by atoms with Crippen LogP contribution in [0.5, 0.6) is 11.5 Å². The molecule has 1 aliphatic rings. The Morgan fingerprint density at radius 1 is 0.848 bits per heavy atom. The number of phenols is 1. The first-order chi connectivity index (χ1) is 31.7. The zero-order valence-corrected chi connectivity index (χ0v) is 39.6. The highest BCUT2D eigenvalue weighted by Gasteiger charge is 2.44. The minimum Gasteiger partial charge on any atom is -0.508 e. The van der Waals surface area contributed by atoms with Gasteiger partial charge in [0.2, 0.25) is 23.6 Å². The third-order valence-electron chi connectivity index (χ3n) is 11.5. The molecule has 2 heterocycles. The molecular weight excluding hydrogens is 874 g/mol. The first-order valence-corrected chi connectivity index (χ1v) is 23.8. The van der Waals surface area contributed by atoms with Crippen LogP contribution in [-0.4, -0.2) is 87.5 Å². The Kier molecular flexibility index (Phi) is 17.5. The molecule has 1 saturated heterocycles. The van der Waals surface area contributed by atoms with Crippen LogP contribution >= 0.6 is 22.9 Å². The summed E-state index contributed by atoms with van der Waals surface area (Å²) in [5.41, 5.74) is 9.11. The number of aromatic hydroxyl groups is 1. The van der Waals surface area contributed by atoms with Crippen molar-refractivity contribution >= 4 is 57.7 Å². The Bertz CT molecular complexity index is 2430. The molecule has 1 aromatic heterocycles. The van der Waals surface area contributed by atoms with Gasteiger partial charge < -0.3 is 35.8 Å². The largest absolute Gasteiger partial charge is 0.508 e. The molecule has 0 bridgehead atoms. The van der Waals surface area contributed by atoms with Gasteiger partial charge in [0.1, 0.15) is 30.2 Å². The van der Waals surface area contributed by atoms with Gasteiger partial charge in [-0.05, 0) is 94.8 Å². The smallest absolute Gasteiger partial charge is 0.246 e. The molecule has 5 N–H and O–H groups in total. The number of likely N-dealkylation sites (tertiary alicyclic amines) is 1. The van der Waals surface area contributed by atoms with Crippen LogP contribution < -0.4 is 20.7 Å². The number of aromatic nitrogens is 1. The van der Waals surface area contributed by atoms with E-state index < -0.39 is 29.5 Å². The van der Waals surface area contributed by atoms with Gasteiger partial charge >= 0.3 is 0 Å². The Hall–Kier alpha value is -6.02. The zero-order chi connectivity index (χ0) is 47.2. The molecule has 0 unspecified atom stereocenters. The van der Waals surface area contributed by atoms with Gasteiger partial charge in [0, 0.05) is 38.2 Å². The number of alkyl halides is 1. The Morgan fingerprint density at radius 3 is 2.12 bits per heavy atom. The number of carbonyl (C=O) groups is 4. The number of β-amino-alcohol motifs (C(OH)–C–C–N with tert-alkyl or cyclic N) is 1. The van der Waals surface area contributed by atoms with Crippen LogP contribution in [0, 0.1) is 12.3 Å². The fraction of sp³-hybridized carbons (Fsp3) is 0.365. The number of hydrogen-bond acceptors (Lipinski definition) is 9. The number of aryl methyl sites for hydroxylation is 1. The maximum absolute atomic E-state index is 14.0. The van der Waals surface area contributed by atoms with Crippen molar-refractivity contribution in [1.29, 1.82) is 0 Å². The number of phenolic OH excluding ortho intramolecular Hbond substituents is 1. The summed E-state index contributed by atoms with van der Waals surface area (Å²) < 4.78 is 5.95. The highest BCUT2D eigenvalue weighted by molar-refractivity contribution is 7.13. The average Bonchev–Trinajstić information content (AvgIpc) is 3.93. The van der Waals surface area contributed by atoms with Crippen LogP contribution in [0.2, 0.25) is 0 Å². The van der Waals surface area contributed by atoms with E-state index in [-0.39, 0.29) is 62.4 Å². The Balaban J connectivity index is 0.934. The first kappa shape index (κ1) is 49.4. The van der Waals surface area contributed by atoms with Crippen molar-refractivity contribution < 1.29 is 34.1 Å². The second-order valence-corrected chi connectivity index (χ2v) is 18.8. The van der Waals surface area contributed by atoms with Crippen LogP contribution in [0.4, 0.5) is 0 Å². The van der Waals surface area contributed by atoms with Gasteiger partial charge in [-0.2, -0.15) is 0 Å². The number of thiazole rings is 1. The number of nitrogens with zero attached hydrogens (tertiary/aromatic N) is 2. The van der Waals surface area contributed by atoms with E-state index in [2.05, 4.69) is 33.1 Å². The molecule has 66 heavy (non-hydrogen) atoms. The number of nitrogens with one attached hydrogen (secondary N) is 3. The van der Waals surface area contributed by atoms with E-state index in [1.165, 1.54) is 4.90 Å². The fourth-order valence-corrected chi connectivity index (χ4v) is 9.04. The minimum absolute atomic E-state index is 0.0133. The van der Waals surface area contributed by atoms with Crippen molar-refractivity contribution in [2.45, 2.75) is 91.0 Å². The number of unbranched alkanes of at least 4 members (excludes halogenated alkanes) is 1. The zero-order valence-electron chi connectivity index (χ0n) is 38.0. The van der Waals surface area contributed by atoms with Crippen LogP contribution in [-0.2, 0) is 25.7 Å². The molecule has 0 saturated carbocycles. The van der Waals surface area contributed by atoms with Gasteiger partial charge in [-0.1, -0.05) is 99.6 Å². The quantitative estimate of drug-likeness (QED) is 0.0295. The minimum atomic E-state index is -0.937. The van der Waals surface area contributed by atoms with E-state index in [9.17, 15) is 29.4 Å². The summed E-state index contributed by atoms with van der Waals surface area (Å²) in [7, 11) is 0. The molecule has 3 atom stereocenters. The summed E-state index contributed by atoms with van der Waals surface area (Å²) >= 11 is 7.86. The topological polar surface area (TPSA) is 170 Å². The molecule has 5 aromatic rings. The Labute approximate surface area is 396 Å². The normalized spacial score (nSPS) is 15.7. The monoisotopic (exact) mass is 933 g/mol. The standard InChI is InChI=1S/C52H60ClN5O7S/c1-34-48(66-33-56-34)39-16-14-35(15-17-39)31-55-50(63)44-30-41(60)32-58(44)51(64)49(52(2,3)4)57-46(62)13-9-8-12-45(61)54-28-29-65-42-24-20-38(21-25-42)47(37-18-22-40(59)23-19-37)43(26-27-53)36-10-6-5-7-11-36/h5-7,10-11,14-25,33,41,44,49,59-60H,8-9,12-13,26-32H2,1-4H3,(H,54,61)(H,55,63)(H,57,62)/t41-,44+,49-/m1/s1. The van der Waals surface area contributed by atoms with Crippen molar-refractivity contribution in [3.8, 4) is 21.9 Å². The number of allylic oxidation sites excluding steroid dienone is 1. The highest BCUT2D eigenvalue weighted by Crippen LogP contribution is 2.36. The summed E-state index contributed by atoms with van der Waals surface area (Å²) in [5, 5.41) is 29.2. The number of aliphatic hydroxyl groups is 1. The predicted molar refractivity (Wildman–Crippen MR) is 261 cm³/mol. The molecule has 14 heteroatoms. The van der Waals surface area contributed by atoms with Crippen LogP contribution in [0.3, 0.4) is 0 Å². The SMILES string of the molecule is Cc1ncsc1-c1ccc(CNC(=O)[C@@H]2C[C@@H](O)CN2C(=O)[C@@H](NC(=O)CCCCC(=O)NCCOc2ccc(C(=C(CCCl)c3ccccc3)c3ccc(O)cc3)cc2)C(C)(C)C)cc1. The third-order valence-corrected chi connectivity index (χ3v) is 12.7. The summed E-state index contributed by atoms with van der Waals surface area (Å²) in [4.78, 5) is 60.1. The summed E-state index contributed by atoms with van der Waals surface area (Å²) in [6.07, 6.45) is 1.11. The highest BCUT2D eigenvalue weighted by atomic mass is 35.5. The second kappa shape index (κ2) is 23.4.